The van der Waals surface area contributed by atoms with Gasteiger partial charge in [-0.25, -0.2) is 0 Å². The number of aromatic nitrogens is 1. The molecule has 1 aromatic heterocycles. The van der Waals surface area contributed by atoms with E-state index in [1.165, 1.54) is 19.3 Å². The smallest absolute Gasteiger partial charge is 0.193 e. The standard InChI is InChI=1S/C18H30N4.HI/c1-4-15(5-2)16-10-13-22(14-16)18(19-3)21-12-9-17-8-6-7-11-20-17;/h6-8,11,15-16H,4-5,9-10,12-14H2,1-3H3,(H,19,21);1H. The van der Waals surface area contributed by atoms with Crippen molar-refractivity contribution in [3.8, 4) is 0 Å². The summed E-state index contributed by atoms with van der Waals surface area (Å²) >= 11 is 0. The monoisotopic (exact) mass is 430 g/mol. The molecule has 0 saturated carbocycles. The van der Waals surface area contributed by atoms with E-state index >= 15 is 0 Å². The van der Waals surface area contributed by atoms with Gasteiger partial charge in [0.1, 0.15) is 0 Å². The Balaban J connectivity index is 0.00000264. The number of halogens is 1. The molecule has 0 amide bonds. The molecule has 1 unspecified atom stereocenters. The lowest BCUT2D eigenvalue weighted by molar-refractivity contribution is 0.319. The van der Waals surface area contributed by atoms with Crippen molar-refractivity contribution in [1.82, 2.24) is 15.2 Å². The van der Waals surface area contributed by atoms with E-state index in [4.69, 9.17) is 0 Å². The first-order valence-corrected chi connectivity index (χ1v) is 8.64. The van der Waals surface area contributed by atoms with Crippen LogP contribution >= 0.6 is 24.0 Å². The maximum atomic E-state index is 4.46. The van der Waals surface area contributed by atoms with Crippen molar-refractivity contribution in [2.75, 3.05) is 26.7 Å². The van der Waals surface area contributed by atoms with E-state index < -0.39 is 0 Å². The van der Waals surface area contributed by atoms with Crippen LogP contribution in [0.4, 0.5) is 0 Å². The van der Waals surface area contributed by atoms with Crippen LogP contribution < -0.4 is 5.32 Å². The Labute approximate surface area is 158 Å². The summed E-state index contributed by atoms with van der Waals surface area (Å²) in [4.78, 5) is 11.2. The summed E-state index contributed by atoms with van der Waals surface area (Å²) in [6.07, 6.45) is 6.67. The molecule has 1 aliphatic rings. The van der Waals surface area contributed by atoms with Gasteiger partial charge in [0.25, 0.3) is 0 Å². The van der Waals surface area contributed by atoms with Gasteiger partial charge in [-0.2, -0.15) is 0 Å². The average Bonchev–Trinajstić information content (AvgIpc) is 3.03. The van der Waals surface area contributed by atoms with Gasteiger partial charge in [-0.3, -0.25) is 9.98 Å². The molecule has 0 bridgehead atoms. The Kier molecular flexibility index (Phi) is 9.52. The maximum absolute atomic E-state index is 4.46. The first-order chi connectivity index (χ1) is 10.8. The third-order valence-electron chi connectivity index (χ3n) is 4.84. The molecular weight excluding hydrogens is 399 g/mol. The topological polar surface area (TPSA) is 40.5 Å². The third-order valence-corrected chi connectivity index (χ3v) is 4.84. The van der Waals surface area contributed by atoms with E-state index in [2.05, 4.69) is 40.1 Å². The number of guanidine groups is 1. The molecule has 0 aliphatic carbocycles. The number of nitrogens with zero attached hydrogens (tertiary/aromatic N) is 3. The van der Waals surface area contributed by atoms with E-state index in [1.807, 2.05) is 25.4 Å². The number of rotatable bonds is 6. The fraction of sp³-hybridized carbons (Fsp3) is 0.667. The van der Waals surface area contributed by atoms with Gasteiger partial charge < -0.3 is 10.2 Å². The second kappa shape index (κ2) is 10.8. The molecule has 2 rings (SSSR count). The van der Waals surface area contributed by atoms with Gasteiger partial charge in [-0.15, -0.1) is 24.0 Å². The van der Waals surface area contributed by atoms with Crippen LogP contribution in [-0.2, 0) is 6.42 Å². The molecule has 0 spiro atoms. The second-order valence-corrected chi connectivity index (χ2v) is 6.12. The normalized spacial score (nSPS) is 18.2. The molecule has 1 aromatic rings. The van der Waals surface area contributed by atoms with Gasteiger partial charge in [0.15, 0.2) is 5.96 Å². The quantitative estimate of drug-likeness (QED) is 0.426. The number of hydrogen-bond acceptors (Lipinski definition) is 2. The summed E-state index contributed by atoms with van der Waals surface area (Å²) in [5.41, 5.74) is 1.13. The van der Waals surface area contributed by atoms with Gasteiger partial charge in [0, 0.05) is 45.0 Å². The lowest BCUT2D eigenvalue weighted by Gasteiger charge is -2.24. The summed E-state index contributed by atoms with van der Waals surface area (Å²) in [5, 5.41) is 3.49. The van der Waals surface area contributed by atoms with Crippen molar-refractivity contribution >= 4 is 29.9 Å². The Morgan fingerprint density at radius 3 is 2.78 bits per heavy atom. The largest absolute Gasteiger partial charge is 0.356 e. The third kappa shape index (κ3) is 5.94. The zero-order valence-corrected chi connectivity index (χ0v) is 17.0. The van der Waals surface area contributed by atoms with E-state index in [9.17, 15) is 0 Å². The van der Waals surface area contributed by atoms with Crippen LogP contribution in [0.25, 0.3) is 0 Å². The van der Waals surface area contributed by atoms with Gasteiger partial charge in [-0.05, 0) is 30.4 Å². The molecular formula is C18H31IN4. The number of hydrogen-bond donors (Lipinski definition) is 1. The molecule has 1 saturated heterocycles. The van der Waals surface area contributed by atoms with Gasteiger partial charge in [0.05, 0.1) is 0 Å². The molecule has 1 N–H and O–H groups in total. The van der Waals surface area contributed by atoms with E-state index in [-0.39, 0.29) is 24.0 Å². The number of likely N-dealkylation sites (tertiary alicyclic amines) is 1. The molecule has 0 radical (unpaired) electrons. The fourth-order valence-electron chi connectivity index (χ4n) is 3.50. The molecule has 23 heavy (non-hydrogen) atoms. The minimum atomic E-state index is 0. The van der Waals surface area contributed by atoms with Crippen molar-refractivity contribution in [3.05, 3.63) is 30.1 Å². The first-order valence-electron chi connectivity index (χ1n) is 8.64. The van der Waals surface area contributed by atoms with Crippen molar-refractivity contribution in [1.29, 1.82) is 0 Å². The second-order valence-electron chi connectivity index (χ2n) is 6.12. The Hall–Kier alpha value is -0.850. The highest BCUT2D eigenvalue weighted by molar-refractivity contribution is 14.0. The van der Waals surface area contributed by atoms with Crippen LogP contribution in [-0.4, -0.2) is 42.5 Å². The Bertz CT molecular complexity index is 459. The number of nitrogens with one attached hydrogen (secondary N) is 1. The summed E-state index contributed by atoms with van der Waals surface area (Å²) < 4.78 is 0. The zero-order chi connectivity index (χ0) is 15.8. The fourth-order valence-corrected chi connectivity index (χ4v) is 3.50. The van der Waals surface area contributed by atoms with Crippen molar-refractivity contribution in [2.24, 2.45) is 16.8 Å². The number of pyridine rings is 1. The molecule has 130 valence electrons. The summed E-state index contributed by atoms with van der Waals surface area (Å²) in [6.45, 7) is 7.80. The van der Waals surface area contributed by atoms with Crippen LogP contribution in [0.2, 0.25) is 0 Å². The SMILES string of the molecule is CCC(CC)C1CCN(C(=NC)NCCc2ccccn2)C1.I. The summed E-state index contributed by atoms with van der Waals surface area (Å²) in [7, 11) is 1.88. The Morgan fingerprint density at radius 2 is 2.17 bits per heavy atom. The van der Waals surface area contributed by atoms with Crippen molar-refractivity contribution in [3.63, 3.8) is 0 Å². The summed E-state index contributed by atoms with van der Waals surface area (Å²) in [6, 6.07) is 6.07. The van der Waals surface area contributed by atoms with Gasteiger partial charge in [-0.1, -0.05) is 32.8 Å². The predicted molar refractivity (Wildman–Crippen MR) is 108 cm³/mol. The number of aliphatic imine (C=N–C) groups is 1. The maximum Gasteiger partial charge on any atom is 0.193 e. The minimum absolute atomic E-state index is 0. The molecule has 0 aromatic carbocycles. The van der Waals surface area contributed by atoms with Crippen molar-refractivity contribution < 1.29 is 0 Å². The highest BCUT2D eigenvalue weighted by atomic mass is 127. The first kappa shape index (κ1) is 20.2. The molecule has 1 atom stereocenters. The predicted octanol–water partition coefficient (Wildman–Crippen LogP) is 3.58. The van der Waals surface area contributed by atoms with Crippen LogP contribution in [0.3, 0.4) is 0 Å². The highest BCUT2D eigenvalue weighted by Crippen LogP contribution is 2.28. The van der Waals surface area contributed by atoms with Gasteiger partial charge >= 0.3 is 0 Å². The highest BCUT2D eigenvalue weighted by Gasteiger charge is 2.29. The summed E-state index contributed by atoms with van der Waals surface area (Å²) in [5.74, 6) is 2.73. The molecule has 1 fully saturated rings. The minimum Gasteiger partial charge on any atom is -0.356 e. The van der Waals surface area contributed by atoms with Crippen LogP contribution in [0.5, 0.6) is 0 Å². The van der Waals surface area contributed by atoms with Crippen LogP contribution in [0.1, 0.15) is 38.8 Å². The lowest BCUT2D eigenvalue weighted by Crippen LogP contribution is -2.41. The average molecular weight is 430 g/mol. The molecule has 4 nitrogen and oxygen atoms in total. The molecule has 5 heteroatoms. The Morgan fingerprint density at radius 1 is 1.39 bits per heavy atom. The van der Waals surface area contributed by atoms with E-state index in [1.54, 1.807) is 0 Å². The lowest BCUT2D eigenvalue weighted by atomic mass is 9.87. The molecule has 2 heterocycles. The van der Waals surface area contributed by atoms with E-state index in [0.29, 0.717) is 0 Å². The van der Waals surface area contributed by atoms with Gasteiger partial charge in [0.2, 0.25) is 0 Å². The van der Waals surface area contributed by atoms with Crippen LogP contribution in [0.15, 0.2) is 29.4 Å². The zero-order valence-electron chi connectivity index (χ0n) is 14.7. The molecule has 1 aliphatic heterocycles. The van der Waals surface area contributed by atoms with Crippen LogP contribution in [0, 0.1) is 11.8 Å². The van der Waals surface area contributed by atoms with E-state index in [0.717, 1.165) is 49.5 Å². The van der Waals surface area contributed by atoms with Crippen molar-refractivity contribution in [2.45, 2.75) is 39.5 Å².